The average molecular weight is 214 g/mol. The average Bonchev–Trinajstić information content (AvgIpc) is 2.60. The second kappa shape index (κ2) is 3.30. The van der Waals surface area contributed by atoms with Crippen LogP contribution >= 0.6 is 0 Å². The second-order valence-electron chi connectivity index (χ2n) is 5.70. The Balaban J connectivity index is 2.11. The molecule has 2 saturated heterocycles. The molecule has 0 saturated carbocycles. The highest BCUT2D eigenvalue weighted by Gasteiger charge is 2.51. The zero-order chi connectivity index (χ0) is 10.4. The van der Waals surface area contributed by atoms with Gasteiger partial charge < -0.3 is 15.1 Å². The molecule has 3 atom stereocenters. The highest BCUT2D eigenvalue weighted by Crippen LogP contribution is 2.39. The summed E-state index contributed by atoms with van der Waals surface area (Å²) < 4.78 is 6.34. The molecule has 2 N–H and O–H groups in total. The molecule has 0 aromatic carbocycles. The van der Waals surface area contributed by atoms with Crippen LogP contribution in [-0.2, 0) is 4.43 Å². The predicted octanol–water partition coefficient (Wildman–Crippen LogP) is 0.871. The summed E-state index contributed by atoms with van der Waals surface area (Å²) in [6, 6.07) is 0. The highest BCUT2D eigenvalue weighted by molar-refractivity contribution is 6.69. The lowest BCUT2D eigenvalue weighted by Crippen LogP contribution is -2.55. The summed E-state index contributed by atoms with van der Waals surface area (Å²) in [5.41, 5.74) is 5.94. The molecular formula is C10H22N2OSi. The zero-order valence-corrected chi connectivity index (χ0v) is 10.5. The van der Waals surface area contributed by atoms with Crippen LogP contribution in [0.5, 0.6) is 0 Å². The smallest absolute Gasteiger partial charge is 0.184 e. The van der Waals surface area contributed by atoms with Crippen molar-refractivity contribution in [2.24, 2.45) is 11.7 Å². The Labute approximate surface area is 87.7 Å². The number of rotatable bonds is 3. The Morgan fingerprint density at radius 2 is 2.21 bits per heavy atom. The van der Waals surface area contributed by atoms with Crippen molar-refractivity contribution in [2.45, 2.75) is 31.7 Å². The van der Waals surface area contributed by atoms with Gasteiger partial charge in [-0.25, -0.2) is 0 Å². The van der Waals surface area contributed by atoms with E-state index in [0.29, 0.717) is 12.5 Å². The first kappa shape index (κ1) is 10.6. The fourth-order valence-electron chi connectivity index (χ4n) is 2.91. The van der Waals surface area contributed by atoms with E-state index < -0.39 is 8.32 Å². The minimum atomic E-state index is -1.46. The van der Waals surface area contributed by atoms with E-state index in [0.717, 1.165) is 6.54 Å². The fraction of sp³-hybridized carbons (Fsp3) is 1.00. The molecule has 0 spiro atoms. The second-order valence-corrected chi connectivity index (χ2v) is 10.1. The molecule has 0 aromatic rings. The van der Waals surface area contributed by atoms with Crippen LogP contribution in [0.2, 0.25) is 19.6 Å². The van der Waals surface area contributed by atoms with Crippen molar-refractivity contribution >= 4 is 8.32 Å². The van der Waals surface area contributed by atoms with Gasteiger partial charge >= 0.3 is 0 Å². The third-order valence-electron chi connectivity index (χ3n) is 3.36. The first-order chi connectivity index (χ1) is 6.45. The minimum absolute atomic E-state index is 0.00270. The summed E-state index contributed by atoms with van der Waals surface area (Å²) in [6.45, 7) is 11.0. The molecule has 4 heteroatoms. The van der Waals surface area contributed by atoms with Crippen molar-refractivity contribution in [1.29, 1.82) is 0 Å². The van der Waals surface area contributed by atoms with Crippen molar-refractivity contribution in [3.63, 3.8) is 0 Å². The molecule has 82 valence electrons. The van der Waals surface area contributed by atoms with E-state index >= 15 is 0 Å². The molecule has 2 aliphatic rings. The van der Waals surface area contributed by atoms with Crippen LogP contribution in [0.15, 0.2) is 0 Å². The van der Waals surface area contributed by atoms with Gasteiger partial charge in [0.05, 0.1) is 5.60 Å². The lowest BCUT2D eigenvalue weighted by atomic mass is 9.88. The molecular weight excluding hydrogens is 192 g/mol. The molecule has 2 aliphatic heterocycles. The van der Waals surface area contributed by atoms with Crippen LogP contribution in [0.4, 0.5) is 0 Å². The van der Waals surface area contributed by atoms with Crippen molar-refractivity contribution in [1.82, 2.24) is 4.90 Å². The number of nitrogens with zero attached hydrogens (tertiary/aromatic N) is 1. The topological polar surface area (TPSA) is 38.5 Å². The largest absolute Gasteiger partial charge is 0.409 e. The molecule has 0 aromatic heterocycles. The zero-order valence-electron chi connectivity index (χ0n) is 9.55. The quantitative estimate of drug-likeness (QED) is 0.709. The van der Waals surface area contributed by atoms with Crippen LogP contribution in [0.3, 0.4) is 0 Å². The Morgan fingerprint density at radius 3 is 2.57 bits per heavy atom. The van der Waals surface area contributed by atoms with Crippen LogP contribution in [0.1, 0.15) is 6.42 Å². The Morgan fingerprint density at radius 1 is 1.50 bits per heavy atom. The predicted molar refractivity (Wildman–Crippen MR) is 60.8 cm³/mol. The molecule has 0 amide bonds. The van der Waals surface area contributed by atoms with Crippen LogP contribution in [-0.4, -0.2) is 45.0 Å². The van der Waals surface area contributed by atoms with Gasteiger partial charge in [0.2, 0.25) is 0 Å². The third-order valence-corrected chi connectivity index (χ3v) is 4.38. The van der Waals surface area contributed by atoms with Gasteiger partial charge in [0.1, 0.15) is 0 Å². The molecule has 2 fully saturated rings. The van der Waals surface area contributed by atoms with Gasteiger partial charge in [-0.3, -0.25) is 0 Å². The number of hydrogen-bond acceptors (Lipinski definition) is 3. The molecule has 14 heavy (non-hydrogen) atoms. The maximum atomic E-state index is 6.34. The molecule has 3 nitrogen and oxygen atoms in total. The van der Waals surface area contributed by atoms with Crippen LogP contribution in [0, 0.1) is 5.92 Å². The Hall–Kier alpha value is 0.0969. The van der Waals surface area contributed by atoms with E-state index in [1.165, 1.54) is 19.5 Å². The monoisotopic (exact) mass is 214 g/mol. The Bertz CT molecular complexity index is 229. The van der Waals surface area contributed by atoms with E-state index in [9.17, 15) is 0 Å². The van der Waals surface area contributed by atoms with Crippen molar-refractivity contribution in [3.05, 3.63) is 0 Å². The maximum absolute atomic E-state index is 6.34. The molecule has 2 bridgehead atoms. The number of nitrogens with two attached hydrogens (primary N) is 1. The number of hydrogen-bond donors (Lipinski definition) is 1. The van der Waals surface area contributed by atoms with Crippen molar-refractivity contribution in [2.75, 3.05) is 26.2 Å². The first-order valence-corrected chi connectivity index (χ1v) is 8.99. The van der Waals surface area contributed by atoms with Gasteiger partial charge in [-0.05, 0) is 32.6 Å². The molecule has 2 heterocycles. The van der Waals surface area contributed by atoms with Gasteiger partial charge in [-0.2, -0.15) is 0 Å². The van der Waals surface area contributed by atoms with Crippen LogP contribution < -0.4 is 5.73 Å². The standard InChI is InChI=1S/C10H22N2OSi/c1-14(2,3)13-10(7-11)8-12-5-4-9(10)6-12/h9H,4-8,11H2,1-3H3. The normalized spacial score (nSPS) is 42.0. The van der Waals surface area contributed by atoms with E-state index in [4.69, 9.17) is 10.2 Å². The van der Waals surface area contributed by atoms with E-state index in [1.54, 1.807) is 0 Å². The van der Waals surface area contributed by atoms with Crippen molar-refractivity contribution < 1.29 is 4.43 Å². The van der Waals surface area contributed by atoms with Crippen LogP contribution in [0.25, 0.3) is 0 Å². The summed E-state index contributed by atoms with van der Waals surface area (Å²) in [4.78, 5) is 2.50. The SMILES string of the molecule is C[Si](C)(C)OC1(CN)CN2CCC1C2. The van der Waals surface area contributed by atoms with Gasteiger partial charge in [0.15, 0.2) is 8.32 Å². The van der Waals surface area contributed by atoms with Gasteiger partial charge in [-0.15, -0.1) is 0 Å². The maximum Gasteiger partial charge on any atom is 0.184 e. The molecule has 2 rings (SSSR count). The summed E-state index contributed by atoms with van der Waals surface area (Å²) in [5, 5.41) is 0. The number of piperidine rings is 1. The van der Waals surface area contributed by atoms with E-state index in [2.05, 4.69) is 24.5 Å². The lowest BCUT2D eigenvalue weighted by Gasteiger charge is -2.41. The summed E-state index contributed by atoms with van der Waals surface area (Å²) in [5.74, 6) is 0.694. The van der Waals surface area contributed by atoms with E-state index in [1.807, 2.05) is 0 Å². The first-order valence-electron chi connectivity index (χ1n) is 5.58. The fourth-order valence-corrected chi connectivity index (χ4v) is 4.45. The molecule has 3 unspecified atom stereocenters. The summed E-state index contributed by atoms with van der Waals surface area (Å²) in [6.07, 6.45) is 1.28. The van der Waals surface area contributed by atoms with Crippen molar-refractivity contribution in [3.8, 4) is 0 Å². The van der Waals surface area contributed by atoms with Gasteiger partial charge in [-0.1, -0.05) is 0 Å². The van der Waals surface area contributed by atoms with E-state index in [-0.39, 0.29) is 5.60 Å². The summed E-state index contributed by atoms with van der Waals surface area (Å²) in [7, 11) is -1.46. The van der Waals surface area contributed by atoms with Gasteiger partial charge in [0.25, 0.3) is 0 Å². The highest BCUT2D eigenvalue weighted by atomic mass is 28.4. The summed E-state index contributed by atoms with van der Waals surface area (Å²) >= 11 is 0. The number of fused-ring (bicyclic) bond motifs is 2. The third kappa shape index (κ3) is 1.76. The molecule has 0 radical (unpaired) electrons. The minimum Gasteiger partial charge on any atom is -0.409 e. The molecule has 0 aliphatic carbocycles. The lowest BCUT2D eigenvalue weighted by molar-refractivity contribution is 0.0215. The van der Waals surface area contributed by atoms with Gasteiger partial charge in [0, 0.05) is 25.6 Å². The Kier molecular flexibility index (Phi) is 2.50.